The molecule has 1 heterocycles. The van der Waals surface area contributed by atoms with Crippen LogP contribution >= 0.6 is 23.2 Å². The Kier molecular flexibility index (Phi) is 4.55. The number of nitrogens with one attached hydrogen (secondary N) is 1. The number of hydrogen-bond acceptors (Lipinski definition) is 2. The average Bonchev–Trinajstić information content (AvgIpc) is 2.85. The summed E-state index contributed by atoms with van der Waals surface area (Å²) in [5, 5.41) is 7.75. The lowest BCUT2D eigenvalue weighted by Gasteiger charge is -2.06. The van der Waals surface area contributed by atoms with Gasteiger partial charge in [-0.15, -0.1) is 0 Å². The first-order valence-electron chi connectivity index (χ1n) is 7.03. The molecule has 1 N–H and O–H groups in total. The van der Waals surface area contributed by atoms with E-state index >= 15 is 0 Å². The fourth-order valence-electron chi connectivity index (χ4n) is 2.24. The summed E-state index contributed by atoms with van der Waals surface area (Å²) in [6.45, 7) is 1.68. The van der Waals surface area contributed by atoms with Crippen LogP contribution in [0.3, 0.4) is 0 Å². The molecule has 3 aromatic rings. The first-order chi connectivity index (χ1) is 11.5. The van der Waals surface area contributed by atoms with Crippen LogP contribution in [0.25, 0.3) is 5.69 Å². The Labute approximate surface area is 147 Å². The summed E-state index contributed by atoms with van der Waals surface area (Å²) in [6, 6.07) is 12.4. The van der Waals surface area contributed by atoms with Crippen molar-refractivity contribution in [1.82, 2.24) is 9.78 Å². The third-order valence-electron chi connectivity index (χ3n) is 3.40. The molecule has 0 spiro atoms. The lowest BCUT2D eigenvalue weighted by molar-refractivity contribution is 0.102. The van der Waals surface area contributed by atoms with Gasteiger partial charge in [0.05, 0.1) is 11.4 Å². The second kappa shape index (κ2) is 6.63. The van der Waals surface area contributed by atoms with Crippen LogP contribution in [-0.2, 0) is 0 Å². The molecule has 3 rings (SSSR count). The third kappa shape index (κ3) is 3.27. The molecule has 0 unspecified atom stereocenters. The van der Waals surface area contributed by atoms with Gasteiger partial charge in [-0.1, -0.05) is 23.2 Å². The maximum atomic E-state index is 13.1. The van der Waals surface area contributed by atoms with Gasteiger partial charge in [0, 0.05) is 10.7 Å². The largest absolute Gasteiger partial charge is 0.322 e. The van der Waals surface area contributed by atoms with Crippen LogP contribution in [0.1, 0.15) is 16.1 Å². The van der Waals surface area contributed by atoms with E-state index in [0.717, 1.165) is 0 Å². The van der Waals surface area contributed by atoms with Gasteiger partial charge >= 0.3 is 0 Å². The summed E-state index contributed by atoms with van der Waals surface area (Å²) in [5.41, 5.74) is 1.89. The number of amides is 1. The standard InChI is InChI=1S/C17H12Cl2FN3O/c1-10-15(17(24)21-13-6-2-11(18)3-7-13)16(19)23(22-10)14-8-4-12(20)5-9-14/h2-9H,1H3,(H,21,24). The Morgan fingerprint density at radius 2 is 1.71 bits per heavy atom. The molecule has 0 fully saturated rings. The average molecular weight is 364 g/mol. The Hall–Kier alpha value is -2.37. The summed E-state index contributed by atoms with van der Waals surface area (Å²) >= 11 is 12.1. The quantitative estimate of drug-likeness (QED) is 0.720. The maximum absolute atomic E-state index is 13.1. The Morgan fingerprint density at radius 3 is 2.33 bits per heavy atom. The fraction of sp³-hybridized carbons (Fsp3) is 0.0588. The van der Waals surface area contributed by atoms with Crippen molar-refractivity contribution in [2.45, 2.75) is 6.92 Å². The van der Waals surface area contributed by atoms with Crippen molar-refractivity contribution in [3.63, 3.8) is 0 Å². The summed E-state index contributed by atoms with van der Waals surface area (Å²) in [6.07, 6.45) is 0. The number of nitrogens with zero attached hydrogens (tertiary/aromatic N) is 2. The van der Waals surface area contributed by atoms with Crippen molar-refractivity contribution < 1.29 is 9.18 Å². The highest BCUT2D eigenvalue weighted by Gasteiger charge is 2.21. The molecular formula is C17H12Cl2FN3O. The molecule has 0 bridgehead atoms. The highest BCUT2D eigenvalue weighted by molar-refractivity contribution is 6.34. The molecule has 2 aromatic carbocycles. The summed E-state index contributed by atoms with van der Waals surface area (Å²) < 4.78 is 14.4. The zero-order valence-corrected chi connectivity index (χ0v) is 14.1. The molecule has 0 aliphatic carbocycles. The molecule has 0 aliphatic heterocycles. The molecule has 1 aromatic heterocycles. The van der Waals surface area contributed by atoms with Crippen molar-refractivity contribution >= 4 is 34.8 Å². The first-order valence-corrected chi connectivity index (χ1v) is 7.79. The smallest absolute Gasteiger partial charge is 0.260 e. The number of carbonyl (C=O) groups excluding carboxylic acids is 1. The van der Waals surface area contributed by atoms with Gasteiger partial charge in [-0.3, -0.25) is 4.79 Å². The van der Waals surface area contributed by atoms with Gasteiger partial charge in [0.1, 0.15) is 16.5 Å². The van der Waals surface area contributed by atoms with Crippen LogP contribution in [0.4, 0.5) is 10.1 Å². The minimum Gasteiger partial charge on any atom is -0.322 e. The summed E-state index contributed by atoms with van der Waals surface area (Å²) in [7, 11) is 0. The summed E-state index contributed by atoms with van der Waals surface area (Å²) in [5.74, 6) is -0.743. The normalized spacial score (nSPS) is 10.7. The number of aromatic nitrogens is 2. The molecule has 0 radical (unpaired) electrons. The molecule has 1 amide bonds. The zero-order chi connectivity index (χ0) is 17.3. The molecule has 0 saturated carbocycles. The topological polar surface area (TPSA) is 46.9 Å². The van der Waals surface area contributed by atoms with E-state index in [1.54, 1.807) is 31.2 Å². The lowest BCUT2D eigenvalue weighted by atomic mass is 10.2. The number of anilines is 1. The van der Waals surface area contributed by atoms with Crippen LogP contribution < -0.4 is 5.32 Å². The van der Waals surface area contributed by atoms with E-state index in [4.69, 9.17) is 23.2 Å². The van der Waals surface area contributed by atoms with E-state index in [1.165, 1.54) is 28.9 Å². The van der Waals surface area contributed by atoms with E-state index in [1.807, 2.05) is 0 Å². The molecule has 7 heteroatoms. The van der Waals surface area contributed by atoms with Crippen LogP contribution in [0.2, 0.25) is 10.2 Å². The first kappa shape index (κ1) is 16.5. The second-order valence-corrected chi connectivity index (χ2v) is 5.89. The van der Waals surface area contributed by atoms with Crippen LogP contribution in [0, 0.1) is 12.7 Å². The van der Waals surface area contributed by atoms with Gasteiger partial charge in [-0.05, 0) is 55.5 Å². The number of benzene rings is 2. The molecule has 122 valence electrons. The van der Waals surface area contributed by atoms with Crippen molar-refractivity contribution in [3.8, 4) is 5.69 Å². The maximum Gasteiger partial charge on any atom is 0.260 e. The molecular weight excluding hydrogens is 352 g/mol. The van der Waals surface area contributed by atoms with E-state index < -0.39 is 0 Å². The van der Waals surface area contributed by atoms with Crippen molar-refractivity contribution in [2.24, 2.45) is 0 Å². The van der Waals surface area contributed by atoms with E-state index in [0.29, 0.717) is 22.1 Å². The van der Waals surface area contributed by atoms with E-state index in [2.05, 4.69) is 10.4 Å². The van der Waals surface area contributed by atoms with E-state index in [9.17, 15) is 9.18 Å². The monoisotopic (exact) mass is 363 g/mol. The minimum absolute atomic E-state index is 0.158. The van der Waals surface area contributed by atoms with Crippen molar-refractivity contribution in [3.05, 3.63) is 75.8 Å². The van der Waals surface area contributed by atoms with Crippen LogP contribution in [-0.4, -0.2) is 15.7 Å². The number of halogens is 3. The molecule has 0 atom stereocenters. The number of hydrogen-bond donors (Lipinski definition) is 1. The lowest BCUT2D eigenvalue weighted by Crippen LogP contribution is -2.13. The van der Waals surface area contributed by atoms with Crippen LogP contribution in [0.15, 0.2) is 48.5 Å². The number of rotatable bonds is 3. The van der Waals surface area contributed by atoms with Crippen LogP contribution in [0.5, 0.6) is 0 Å². The fourth-order valence-corrected chi connectivity index (χ4v) is 2.72. The van der Waals surface area contributed by atoms with Gasteiger partial charge in [0.25, 0.3) is 5.91 Å². The zero-order valence-electron chi connectivity index (χ0n) is 12.6. The van der Waals surface area contributed by atoms with Gasteiger partial charge in [0.15, 0.2) is 0 Å². The third-order valence-corrected chi connectivity index (χ3v) is 4.01. The highest BCUT2D eigenvalue weighted by Crippen LogP contribution is 2.25. The van der Waals surface area contributed by atoms with Gasteiger partial charge < -0.3 is 5.32 Å². The predicted octanol–water partition coefficient (Wildman–Crippen LogP) is 4.88. The molecule has 24 heavy (non-hydrogen) atoms. The van der Waals surface area contributed by atoms with Gasteiger partial charge in [-0.2, -0.15) is 5.10 Å². The Morgan fingerprint density at radius 1 is 1.08 bits per heavy atom. The van der Waals surface area contributed by atoms with Crippen molar-refractivity contribution in [2.75, 3.05) is 5.32 Å². The second-order valence-electron chi connectivity index (χ2n) is 5.10. The minimum atomic E-state index is -0.381. The summed E-state index contributed by atoms with van der Waals surface area (Å²) in [4.78, 5) is 12.5. The van der Waals surface area contributed by atoms with Gasteiger partial charge in [0.2, 0.25) is 0 Å². The van der Waals surface area contributed by atoms with Gasteiger partial charge in [-0.25, -0.2) is 9.07 Å². The molecule has 0 saturated heterocycles. The van der Waals surface area contributed by atoms with Crippen molar-refractivity contribution in [1.29, 1.82) is 0 Å². The Balaban J connectivity index is 1.92. The predicted molar refractivity (Wildman–Crippen MR) is 92.7 cm³/mol. The molecule has 0 aliphatic rings. The molecule has 4 nitrogen and oxygen atoms in total. The SMILES string of the molecule is Cc1nn(-c2ccc(F)cc2)c(Cl)c1C(=O)Nc1ccc(Cl)cc1. The Bertz CT molecular complexity index is 889. The number of carbonyl (C=O) groups is 1. The van der Waals surface area contributed by atoms with E-state index in [-0.39, 0.29) is 22.4 Å². The highest BCUT2D eigenvalue weighted by atomic mass is 35.5. The number of aryl methyl sites for hydroxylation is 1.